The number of aliphatic imine (C=N–C) groups is 1. The molecule has 258 valence electrons. The fourth-order valence-electron chi connectivity index (χ4n) is 8.49. The molecule has 2 atom stereocenters. The van der Waals surface area contributed by atoms with Crippen LogP contribution in [0.25, 0.3) is 0 Å². The second-order valence-corrected chi connectivity index (χ2v) is 14.7. The number of hydrogen-bond acceptors (Lipinski definition) is 7. The molecule has 7 N–H and O–H groups in total. The third kappa shape index (κ3) is 8.28. The number of aliphatic hydroxyl groups is 1. The molecule has 0 bridgehead atoms. The van der Waals surface area contributed by atoms with Crippen molar-refractivity contribution in [2.24, 2.45) is 22.4 Å². The molecule has 2 saturated carbocycles. The number of quaternary nitrogens is 1. The number of carbonyl (C=O) groups is 1. The van der Waals surface area contributed by atoms with Crippen LogP contribution in [0.5, 0.6) is 11.5 Å². The van der Waals surface area contributed by atoms with Crippen LogP contribution in [0.15, 0.2) is 70.5 Å². The number of phenols is 1. The van der Waals surface area contributed by atoms with E-state index in [1.165, 1.54) is 68.1 Å². The minimum absolute atomic E-state index is 0.0762. The van der Waals surface area contributed by atoms with E-state index in [0.717, 1.165) is 59.9 Å². The van der Waals surface area contributed by atoms with E-state index in [2.05, 4.69) is 30.6 Å². The molecule has 0 radical (unpaired) electrons. The minimum atomic E-state index is -0.558. The highest BCUT2D eigenvalue weighted by Crippen LogP contribution is 2.49. The van der Waals surface area contributed by atoms with Crippen LogP contribution in [0.4, 0.5) is 0 Å². The van der Waals surface area contributed by atoms with Gasteiger partial charge in [-0.25, -0.2) is 0 Å². The lowest BCUT2D eigenvalue weighted by atomic mass is 9.71. The Kier molecular flexibility index (Phi) is 11.5. The van der Waals surface area contributed by atoms with Crippen LogP contribution in [0.2, 0.25) is 0 Å². The molecule has 1 unspecified atom stereocenters. The van der Waals surface area contributed by atoms with Gasteiger partial charge in [-0.05, 0) is 66.0 Å². The lowest BCUT2D eigenvalue weighted by Gasteiger charge is -2.32. The Bertz CT molecular complexity index is 1520. The zero-order chi connectivity index (χ0) is 33.5. The van der Waals surface area contributed by atoms with Crippen LogP contribution in [0.1, 0.15) is 119 Å². The number of nitrogens with two attached hydrogens (primary N) is 2. The van der Waals surface area contributed by atoms with E-state index in [1.807, 2.05) is 18.2 Å². The number of Topliss-reactive ketones (excluding diaryl/α,β-unsaturated/α-hetero) is 1. The third-order valence-electron chi connectivity index (χ3n) is 11.2. The zero-order valence-corrected chi connectivity index (χ0v) is 28.5. The highest BCUT2D eigenvalue weighted by molar-refractivity contribution is 5.90. The summed E-state index contributed by atoms with van der Waals surface area (Å²) >= 11 is 0. The molecule has 0 aromatic heterocycles. The molecular weight excluding hydrogens is 600 g/mol. The summed E-state index contributed by atoms with van der Waals surface area (Å²) in [6, 6.07) is 13.7. The quantitative estimate of drug-likeness (QED) is 0.117. The average molecular weight is 656 g/mol. The van der Waals surface area contributed by atoms with Crippen molar-refractivity contribution in [1.82, 2.24) is 0 Å². The summed E-state index contributed by atoms with van der Waals surface area (Å²) in [7, 11) is 0. The van der Waals surface area contributed by atoms with E-state index in [4.69, 9.17) is 21.2 Å². The predicted molar refractivity (Wildman–Crippen MR) is 190 cm³/mol. The molecular formula is C40H55N4O4+. The van der Waals surface area contributed by atoms with E-state index in [0.29, 0.717) is 31.7 Å². The lowest BCUT2D eigenvalue weighted by molar-refractivity contribution is -0.855. The van der Waals surface area contributed by atoms with Crippen molar-refractivity contribution < 1.29 is 24.6 Å². The van der Waals surface area contributed by atoms with Crippen LogP contribution < -0.4 is 21.1 Å². The largest absolute Gasteiger partial charge is 0.504 e. The number of nitrogens with one attached hydrogen (secondary N) is 1. The van der Waals surface area contributed by atoms with Gasteiger partial charge >= 0.3 is 0 Å². The summed E-state index contributed by atoms with van der Waals surface area (Å²) in [6.07, 6.45) is 19.7. The fourth-order valence-corrected chi connectivity index (χ4v) is 8.49. The van der Waals surface area contributed by atoms with Gasteiger partial charge in [0, 0.05) is 30.0 Å². The standard InChI is InChI=1S/C40H54N4O4/c41-39(42)30-12-8-13-31(22-30)40(19-6-7-20-40)35-24-43-36-26-44(25-34(35)36)27-48-38-21-29(16-18-37(38)47)15-17-33(46)23-32(45)14-5-4-11-28-9-2-1-3-10-28/h8,12-13,16,18,21-22,24,26,28,32,39,45,47H,1-7,9-11,14-15,17,19-20,23,25,27,41-42H2/p+1/t32-/m1/s1. The first-order valence-electron chi connectivity index (χ1n) is 18.4. The normalized spacial score (nSPS) is 21.2. The number of carbonyl (C=O) groups excluding carboxylic acids is 1. The number of aromatic hydroxyl groups is 1. The van der Waals surface area contributed by atoms with Crippen LogP contribution in [0, 0.1) is 5.92 Å². The summed E-state index contributed by atoms with van der Waals surface area (Å²) in [5.74, 6) is 1.44. The first-order chi connectivity index (χ1) is 23.3. The van der Waals surface area contributed by atoms with Crippen molar-refractivity contribution in [3.8, 4) is 11.5 Å². The smallest absolute Gasteiger partial charge is 0.227 e. The van der Waals surface area contributed by atoms with Crippen LogP contribution >= 0.6 is 0 Å². The molecule has 2 aromatic rings. The number of ketones is 1. The number of nitrogens with zero attached hydrogens (tertiary/aromatic N) is 1. The van der Waals surface area contributed by atoms with E-state index in [9.17, 15) is 15.0 Å². The number of ether oxygens (including phenoxy) is 1. The Morgan fingerprint density at radius 1 is 1.04 bits per heavy atom. The van der Waals surface area contributed by atoms with Crippen molar-refractivity contribution in [1.29, 1.82) is 0 Å². The summed E-state index contributed by atoms with van der Waals surface area (Å²) in [5, 5.41) is 21.0. The molecule has 2 heterocycles. The summed E-state index contributed by atoms with van der Waals surface area (Å²) in [5.41, 5.74) is 18.7. The Hall–Kier alpha value is -3.30. The number of unbranched alkanes of at least 4 members (excludes halogenated alkanes) is 1. The van der Waals surface area contributed by atoms with E-state index < -0.39 is 12.3 Å². The summed E-state index contributed by atoms with van der Waals surface area (Å²) < 4.78 is 6.15. The topological polar surface area (TPSA) is 136 Å². The highest BCUT2D eigenvalue weighted by atomic mass is 16.5. The number of fused-ring (bicyclic) bond motifs is 1. The van der Waals surface area contributed by atoms with Gasteiger partial charge < -0.3 is 26.4 Å². The van der Waals surface area contributed by atoms with Gasteiger partial charge in [0.2, 0.25) is 6.73 Å². The summed E-state index contributed by atoms with van der Waals surface area (Å²) in [6.45, 7) is 1.11. The van der Waals surface area contributed by atoms with Crippen molar-refractivity contribution in [3.05, 3.63) is 82.2 Å². The Balaban J connectivity index is 0.996. The minimum Gasteiger partial charge on any atom is -0.504 e. The van der Waals surface area contributed by atoms with Gasteiger partial charge in [-0.3, -0.25) is 14.7 Å². The van der Waals surface area contributed by atoms with Gasteiger partial charge in [-0.1, -0.05) is 94.5 Å². The monoisotopic (exact) mass is 655 g/mol. The summed E-state index contributed by atoms with van der Waals surface area (Å²) in [4.78, 5) is 18.6. The first kappa shape index (κ1) is 34.6. The zero-order valence-electron chi connectivity index (χ0n) is 28.5. The third-order valence-corrected chi connectivity index (χ3v) is 11.2. The van der Waals surface area contributed by atoms with E-state index >= 15 is 0 Å². The van der Waals surface area contributed by atoms with Gasteiger partial charge in [0.15, 0.2) is 11.5 Å². The number of hydrogen-bond donors (Lipinski definition) is 5. The van der Waals surface area contributed by atoms with Crippen molar-refractivity contribution in [2.45, 2.75) is 120 Å². The average Bonchev–Trinajstić information content (AvgIpc) is 3.84. The molecule has 0 saturated heterocycles. The number of aryl methyl sites for hydroxylation is 1. The lowest BCUT2D eigenvalue weighted by Crippen LogP contribution is -3.07. The maximum atomic E-state index is 12.7. The van der Waals surface area contributed by atoms with Crippen molar-refractivity contribution in [3.63, 3.8) is 0 Å². The van der Waals surface area contributed by atoms with Gasteiger partial charge in [-0.15, -0.1) is 0 Å². The molecule has 2 aliphatic heterocycles. The van der Waals surface area contributed by atoms with Crippen molar-refractivity contribution in [2.75, 3.05) is 13.3 Å². The Morgan fingerprint density at radius 3 is 2.65 bits per heavy atom. The molecule has 2 aromatic carbocycles. The number of benzene rings is 2. The highest BCUT2D eigenvalue weighted by Gasteiger charge is 2.44. The molecule has 0 spiro atoms. The van der Waals surface area contributed by atoms with Gasteiger partial charge in [0.05, 0.1) is 12.3 Å². The molecule has 4 aliphatic rings. The number of phenolic OH excluding ortho intramolecular Hbond substituents is 1. The fraction of sp³-hybridized carbons (Fsp3) is 0.550. The molecule has 8 nitrogen and oxygen atoms in total. The first-order valence-corrected chi connectivity index (χ1v) is 18.4. The number of aliphatic hydroxyl groups excluding tert-OH is 1. The second kappa shape index (κ2) is 15.9. The van der Waals surface area contributed by atoms with Gasteiger partial charge in [-0.2, -0.15) is 0 Å². The van der Waals surface area contributed by atoms with Crippen LogP contribution in [0.3, 0.4) is 0 Å². The molecule has 6 rings (SSSR count). The van der Waals surface area contributed by atoms with Gasteiger partial charge in [0.1, 0.15) is 24.2 Å². The molecule has 48 heavy (non-hydrogen) atoms. The number of rotatable bonds is 16. The van der Waals surface area contributed by atoms with Crippen LogP contribution in [-0.2, 0) is 16.6 Å². The van der Waals surface area contributed by atoms with E-state index in [-0.39, 0.29) is 23.4 Å². The molecule has 8 heteroatoms. The SMILES string of the molecule is NC(N)c1cccc(C2(C3=C4C[NH+](COc5cc(CCC(=O)C[C@H](O)CCCCC6CCCCC6)ccc5O)C=C4N=C3)CCCC2)c1. The van der Waals surface area contributed by atoms with Crippen LogP contribution in [-0.4, -0.2) is 41.6 Å². The number of allylic oxidation sites excluding steroid dienone is 1. The molecule has 2 aliphatic carbocycles. The van der Waals surface area contributed by atoms with Crippen molar-refractivity contribution >= 4 is 12.0 Å². The Morgan fingerprint density at radius 2 is 1.85 bits per heavy atom. The maximum absolute atomic E-state index is 12.7. The molecule has 0 amide bonds. The Labute approximate surface area is 286 Å². The molecule has 2 fully saturated rings. The van der Waals surface area contributed by atoms with E-state index in [1.54, 1.807) is 6.07 Å². The maximum Gasteiger partial charge on any atom is 0.227 e. The predicted octanol–water partition coefficient (Wildman–Crippen LogP) is 5.67. The van der Waals surface area contributed by atoms with Gasteiger partial charge in [0.25, 0.3) is 0 Å². The second-order valence-electron chi connectivity index (χ2n) is 14.7.